The van der Waals surface area contributed by atoms with E-state index in [4.69, 9.17) is 0 Å². The summed E-state index contributed by atoms with van der Waals surface area (Å²) in [4.78, 5) is 23.1. The van der Waals surface area contributed by atoms with Gasteiger partial charge in [0.05, 0.1) is 0 Å². The van der Waals surface area contributed by atoms with Gasteiger partial charge in [0.15, 0.2) is 0 Å². The van der Waals surface area contributed by atoms with Crippen molar-refractivity contribution in [3.05, 3.63) is 29.8 Å². The Bertz CT molecular complexity index is 600. The van der Waals surface area contributed by atoms with Crippen LogP contribution in [-0.2, 0) is 9.59 Å². The summed E-state index contributed by atoms with van der Waals surface area (Å²) >= 11 is 0. The van der Waals surface area contributed by atoms with Gasteiger partial charge in [-0.1, -0.05) is 18.2 Å². The number of amides is 1. The number of Topliss-reactive ketones (excluding diaryl/α,β-unsaturated/α-hetero) is 1. The molecule has 0 bridgehead atoms. The third-order valence-corrected chi connectivity index (χ3v) is 3.65. The Morgan fingerprint density at radius 1 is 1.35 bits per heavy atom. The number of carbonyl (C=O) groups excluding carboxylic acids is 2. The number of nitrogens with one attached hydrogen (secondary N) is 1. The van der Waals surface area contributed by atoms with Crippen LogP contribution < -0.4 is 10.1 Å². The number of benzene rings is 1. The van der Waals surface area contributed by atoms with Crippen LogP contribution in [0.1, 0.15) is 38.2 Å². The Balaban J connectivity index is 2.01. The summed E-state index contributed by atoms with van der Waals surface area (Å²) in [5.41, 5.74) is 0.379. The quantitative estimate of drug-likeness (QED) is 0.872. The highest BCUT2D eigenvalue weighted by Crippen LogP contribution is 2.51. The number of alkyl halides is 3. The van der Waals surface area contributed by atoms with Crippen LogP contribution in [0, 0.1) is 5.92 Å². The Morgan fingerprint density at radius 2 is 2.00 bits per heavy atom. The van der Waals surface area contributed by atoms with Gasteiger partial charge in [-0.05, 0) is 37.8 Å². The highest BCUT2D eigenvalue weighted by Gasteiger charge is 2.46. The lowest BCUT2D eigenvalue weighted by Crippen LogP contribution is -2.35. The molecule has 1 N–H and O–H groups in total. The predicted octanol–water partition coefficient (Wildman–Crippen LogP) is 3.17. The van der Waals surface area contributed by atoms with E-state index in [1.54, 1.807) is 13.0 Å². The van der Waals surface area contributed by atoms with E-state index in [2.05, 4.69) is 10.1 Å². The van der Waals surface area contributed by atoms with Gasteiger partial charge >= 0.3 is 6.36 Å². The molecule has 1 saturated carbocycles. The Kier molecular flexibility index (Phi) is 4.97. The summed E-state index contributed by atoms with van der Waals surface area (Å²) < 4.78 is 41.3. The molecule has 2 rings (SSSR count). The lowest BCUT2D eigenvalue weighted by molar-refractivity contribution is -0.274. The number of ketones is 1. The van der Waals surface area contributed by atoms with Gasteiger partial charge in [-0.25, -0.2) is 0 Å². The smallest absolute Gasteiger partial charge is 0.405 e. The molecule has 0 radical (unpaired) electrons. The first-order valence-electron chi connectivity index (χ1n) is 7.32. The van der Waals surface area contributed by atoms with E-state index in [1.807, 2.05) is 0 Å². The number of hydrogen-bond acceptors (Lipinski definition) is 3. The number of rotatable bonds is 6. The third-order valence-electron chi connectivity index (χ3n) is 3.65. The molecule has 0 heterocycles. The molecule has 3 atom stereocenters. The minimum absolute atomic E-state index is 0.0333. The summed E-state index contributed by atoms with van der Waals surface area (Å²) in [6.45, 7) is 3.16. The maximum absolute atomic E-state index is 12.4. The van der Waals surface area contributed by atoms with Gasteiger partial charge in [0.1, 0.15) is 11.5 Å². The van der Waals surface area contributed by atoms with E-state index in [1.165, 1.54) is 25.1 Å². The van der Waals surface area contributed by atoms with Crippen LogP contribution >= 0.6 is 0 Å². The maximum atomic E-state index is 12.4. The summed E-state index contributed by atoms with van der Waals surface area (Å²) in [6, 6.07) is 5.57. The van der Waals surface area contributed by atoms with Crippen molar-refractivity contribution in [2.24, 2.45) is 5.92 Å². The predicted molar refractivity (Wildman–Crippen MR) is 76.9 cm³/mol. The summed E-state index contributed by atoms with van der Waals surface area (Å²) in [5.74, 6) is -1.22. The van der Waals surface area contributed by atoms with Gasteiger partial charge in [-0.2, -0.15) is 0 Å². The van der Waals surface area contributed by atoms with E-state index in [-0.39, 0.29) is 41.7 Å². The van der Waals surface area contributed by atoms with Crippen LogP contribution in [0.5, 0.6) is 5.75 Å². The fourth-order valence-corrected chi connectivity index (χ4v) is 2.67. The second-order valence-electron chi connectivity index (χ2n) is 5.85. The van der Waals surface area contributed by atoms with Crippen molar-refractivity contribution in [2.45, 2.75) is 45.0 Å². The minimum Gasteiger partial charge on any atom is -0.405 e. The van der Waals surface area contributed by atoms with E-state index in [0.717, 1.165) is 0 Å². The first kappa shape index (κ1) is 17.3. The molecular formula is C16H18F3NO3. The lowest BCUT2D eigenvalue weighted by atomic mass is 10.1. The molecule has 1 amide bonds. The molecule has 0 aromatic heterocycles. The number of hydrogen-bond donors (Lipinski definition) is 1. The fraction of sp³-hybridized carbons (Fsp3) is 0.500. The fourth-order valence-electron chi connectivity index (χ4n) is 2.67. The van der Waals surface area contributed by atoms with Gasteiger partial charge in [0.25, 0.3) is 0 Å². The molecule has 0 spiro atoms. The summed E-state index contributed by atoms with van der Waals surface area (Å²) in [5, 5.41) is 2.72. The van der Waals surface area contributed by atoms with Crippen LogP contribution in [0.15, 0.2) is 24.3 Å². The topological polar surface area (TPSA) is 55.4 Å². The number of carbonyl (C=O) groups is 2. The van der Waals surface area contributed by atoms with Crippen LogP contribution in [0.3, 0.4) is 0 Å². The van der Waals surface area contributed by atoms with Crippen molar-refractivity contribution in [1.82, 2.24) is 5.32 Å². The molecule has 23 heavy (non-hydrogen) atoms. The van der Waals surface area contributed by atoms with Crippen molar-refractivity contribution in [3.63, 3.8) is 0 Å². The van der Waals surface area contributed by atoms with E-state index < -0.39 is 6.36 Å². The summed E-state index contributed by atoms with van der Waals surface area (Å²) in [7, 11) is 0. The monoisotopic (exact) mass is 329 g/mol. The standard InChI is InChI=1S/C16H18F3NO3/c1-9(7-10(2)21)20-15(22)13-8-12(13)11-5-3-4-6-14(11)23-16(17,18)19/h3-6,9,12-13H,7-8H2,1-2H3,(H,20,22)/t9-,12-,13-/m0/s1. The molecule has 1 aromatic carbocycles. The molecule has 1 aliphatic rings. The highest BCUT2D eigenvalue weighted by atomic mass is 19.4. The second kappa shape index (κ2) is 6.60. The minimum atomic E-state index is -4.77. The van der Waals surface area contributed by atoms with Crippen molar-refractivity contribution in [2.75, 3.05) is 0 Å². The van der Waals surface area contributed by atoms with Crippen molar-refractivity contribution in [3.8, 4) is 5.75 Å². The zero-order valence-electron chi connectivity index (χ0n) is 12.8. The van der Waals surface area contributed by atoms with Gasteiger partial charge in [0, 0.05) is 18.4 Å². The second-order valence-corrected chi connectivity index (χ2v) is 5.85. The molecule has 1 aliphatic carbocycles. The SMILES string of the molecule is CC(=O)C[C@H](C)NC(=O)[C@H]1C[C@H]1c1ccccc1OC(F)(F)F. The number of halogens is 3. The molecule has 0 unspecified atom stereocenters. The largest absolute Gasteiger partial charge is 0.573 e. The molecule has 1 fully saturated rings. The average molecular weight is 329 g/mol. The number of para-hydroxylation sites is 1. The third kappa shape index (κ3) is 4.97. The highest BCUT2D eigenvalue weighted by molar-refractivity contribution is 5.84. The van der Waals surface area contributed by atoms with Gasteiger partial charge in [-0.3, -0.25) is 9.59 Å². The Hall–Kier alpha value is -2.05. The molecule has 0 saturated heterocycles. The van der Waals surface area contributed by atoms with Crippen molar-refractivity contribution >= 4 is 11.7 Å². The number of ether oxygens (including phenoxy) is 1. The molecule has 1 aromatic rings. The van der Waals surface area contributed by atoms with Crippen LogP contribution in [0.4, 0.5) is 13.2 Å². The Morgan fingerprint density at radius 3 is 2.61 bits per heavy atom. The molecular weight excluding hydrogens is 311 g/mol. The molecule has 126 valence electrons. The average Bonchev–Trinajstić information content (AvgIpc) is 3.16. The van der Waals surface area contributed by atoms with Crippen molar-refractivity contribution < 1.29 is 27.5 Å². The molecule has 0 aliphatic heterocycles. The van der Waals surface area contributed by atoms with Crippen LogP contribution in [0.2, 0.25) is 0 Å². The lowest BCUT2D eigenvalue weighted by Gasteiger charge is -2.14. The van der Waals surface area contributed by atoms with Crippen LogP contribution in [-0.4, -0.2) is 24.1 Å². The van der Waals surface area contributed by atoms with E-state index >= 15 is 0 Å². The zero-order valence-corrected chi connectivity index (χ0v) is 12.8. The first-order chi connectivity index (χ1) is 10.7. The van der Waals surface area contributed by atoms with Gasteiger partial charge < -0.3 is 10.1 Å². The summed E-state index contributed by atoms with van der Waals surface area (Å²) in [6.07, 6.45) is -4.06. The zero-order chi connectivity index (χ0) is 17.2. The van der Waals surface area contributed by atoms with E-state index in [0.29, 0.717) is 12.0 Å². The Labute approximate surface area is 132 Å². The van der Waals surface area contributed by atoms with E-state index in [9.17, 15) is 22.8 Å². The first-order valence-corrected chi connectivity index (χ1v) is 7.32. The molecule has 4 nitrogen and oxygen atoms in total. The van der Waals surface area contributed by atoms with Crippen molar-refractivity contribution in [1.29, 1.82) is 0 Å². The maximum Gasteiger partial charge on any atom is 0.573 e. The van der Waals surface area contributed by atoms with Gasteiger partial charge in [-0.15, -0.1) is 13.2 Å². The van der Waals surface area contributed by atoms with Crippen LogP contribution in [0.25, 0.3) is 0 Å². The van der Waals surface area contributed by atoms with Gasteiger partial charge in [0.2, 0.25) is 5.91 Å². The normalized spacial score (nSPS) is 21.4. The molecule has 7 heteroatoms.